The molecule has 0 saturated heterocycles. The number of carbonyl (C=O) groups excluding carboxylic acids is 1. The summed E-state index contributed by atoms with van der Waals surface area (Å²) in [5, 5.41) is 9.10. The zero-order valence-corrected chi connectivity index (χ0v) is 6.66. The van der Waals surface area contributed by atoms with Gasteiger partial charge in [0.1, 0.15) is 12.0 Å². The first-order valence-electron chi connectivity index (χ1n) is 3.75. The molecule has 0 heterocycles. The van der Waals surface area contributed by atoms with Crippen molar-refractivity contribution >= 4 is 6.29 Å². The monoisotopic (exact) mass is 165 g/mol. The van der Waals surface area contributed by atoms with Crippen LogP contribution in [0.25, 0.3) is 0 Å². The van der Waals surface area contributed by atoms with Gasteiger partial charge in [0.15, 0.2) is 0 Å². The van der Waals surface area contributed by atoms with Gasteiger partial charge in [0.2, 0.25) is 0 Å². The molecule has 0 aliphatic rings. The number of aromatic hydroxyl groups is 1. The second-order valence-corrected chi connectivity index (χ2v) is 2.54. The van der Waals surface area contributed by atoms with Crippen LogP contribution in [0.2, 0.25) is 0 Å². The van der Waals surface area contributed by atoms with E-state index in [9.17, 15) is 4.79 Å². The van der Waals surface area contributed by atoms with Gasteiger partial charge in [-0.05, 0) is 36.7 Å². The molecule has 0 aromatic heterocycles. The van der Waals surface area contributed by atoms with Gasteiger partial charge in [0.05, 0.1) is 0 Å². The first kappa shape index (κ1) is 8.74. The number of carbonyl (C=O) groups is 1. The van der Waals surface area contributed by atoms with Crippen LogP contribution in [-0.2, 0) is 6.42 Å². The largest absolute Gasteiger partial charge is 0.508 e. The first-order valence-corrected chi connectivity index (χ1v) is 3.75. The van der Waals surface area contributed by atoms with Gasteiger partial charge in [-0.2, -0.15) is 0 Å². The predicted octanol–water partition coefficient (Wildman–Crippen LogP) is 0.706. The van der Waals surface area contributed by atoms with Crippen LogP contribution in [0, 0.1) is 0 Å². The molecule has 3 nitrogen and oxygen atoms in total. The zero-order chi connectivity index (χ0) is 8.97. The fraction of sp³-hybridized carbons (Fsp3) is 0.222. The first-order chi connectivity index (χ1) is 5.77. The molecular weight excluding hydrogens is 154 g/mol. The Balaban J connectivity index is 3.03. The highest BCUT2D eigenvalue weighted by Crippen LogP contribution is 2.15. The van der Waals surface area contributed by atoms with Gasteiger partial charge in [-0.1, -0.05) is 0 Å². The molecule has 3 N–H and O–H groups in total. The normalized spacial score (nSPS) is 9.75. The molecule has 12 heavy (non-hydrogen) atoms. The average molecular weight is 165 g/mol. The molecule has 0 aliphatic carbocycles. The molecule has 1 aromatic carbocycles. The van der Waals surface area contributed by atoms with Gasteiger partial charge in [0, 0.05) is 5.56 Å². The van der Waals surface area contributed by atoms with Crippen molar-refractivity contribution in [2.45, 2.75) is 6.42 Å². The summed E-state index contributed by atoms with van der Waals surface area (Å²) >= 11 is 0. The number of benzene rings is 1. The van der Waals surface area contributed by atoms with Crippen molar-refractivity contribution in [2.75, 3.05) is 6.54 Å². The van der Waals surface area contributed by atoms with Crippen LogP contribution >= 0.6 is 0 Å². The Kier molecular flexibility index (Phi) is 2.82. The van der Waals surface area contributed by atoms with Crippen LogP contribution < -0.4 is 5.73 Å². The van der Waals surface area contributed by atoms with E-state index in [4.69, 9.17) is 10.8 Å². The van der Waals surface area contributed by atoms with Gasteiger partial charge in [-0.15, -0.1) is 0 Å². The van der Waals surface area contributed by atoms with E-state index >= 15 is 0 Å². The minimum atomic E-state index is 0.170. The third-order valence-corrected chi connectivity index (χ3v) is 1.67. The Hall–Kier alpha value is -1.35. The maximum absolute atomic E-state index is 10.5. The quantitative estimate of drug-likeness (QED) is 0.648. The van der Waals surface area contributed by atoms with Crippen molar-refractivity contribution in [2.24, 2.45) is 5.73 Å². The summed E-state index contributed by atoms with van der Waals surface area (Å²) in [6.07, 6.45) is 1.38. The lowest BCUT2D eigenvalue weighted by atomic mass is 10.1. The highest BCUT2D eigenvalue weighted by atomic mass is 16.3. The Bertz CT molecular complexity index is 284. The van der Waals surface area contributed by atoms with Crippen LogP contribution in [0.4, 0.5) is 0 Å². The van der Waals surface area contributed by atoms with Crippen molar-refractivity contribution in [3.63, 3.8) is 0 Å². The third kappa shape index (κ3) is 1.83. The SMILES string of the molecule is NCCc1cc(O)ccc1C=O. The molecule has 64 valence electrons. The summed E-state index contributed by atoms with van der Waals surface area (Å²) in [5.41, 5.74) is 6.73. The molecule has 3 heteroatoms. The van der Waals surface area contributed by atoms with Crippen LogP contribution in [0.3, 0.4) is 0 Å². The molecule has 0 saturated carbocycles. The molecule has 1 rings (SSSR count). The average Bonchev–Trinajstić information content (AvgIpc) is 2.05. The van der Waals surface area contributed by atoms with Crippen molar-refractivity contribution < 1.29 is 9.90 Å². The van der Waals surface area contributed by atoms with Gasteiger partial charge in [-0.3, -0.25) is 4.79 Å². The number of hydrogen-bond acceptors (Lipinski definition) is 3. The van der Waals surface area contributed by atoms with Crippen LogP contribution in [0.15, 0.2) is 18.2 Å². The van der Waals surface area contributed by atoms with E-state index in [1.54, 1.807) is 12.1 Å². The minimum Gasteiger partial charge on any atom is -0.508 e. The lowest BCUT2D eigenvalue weighted by Crippen LogP contribution is -2.04. The second kappa shape index (κ2) is 3.88. The molecule has 0 bridgehead atoms. The predicted molar refractivity (Wildman–Crippen MR) is 46.3 cm³/mol. The number of rotatable bonds is 3. The summed E-state index contributed by atoms with van der Waals surface area (Å²) in [5.74, 6) is 0.170. The van der Waals surface area contributed by atoms with Crippen molar-refractivity contribution in [3.05, 3.63) is 29.3 Å². The Labute approximate surface area is 70.8 Å². The second-order valence-electron chi connectivity index (χ2n) is 2.54. The number of nitrogens with two attached hydrogens (primary N) is 1. The molecule has 0 aliphatic heterocycles. The van der Waals surface area contributed by atoms with E-state index in [1.807, 2.05) is 0 Å². The van der Waals surface area contributed by atoms with E-state index in [0.717, 1.165) is 11.8 Å². The fourth-order valence-corrected chi connectivity index (χ4v) is 1.08. The standard InChI is InChI=1S/C9H11NO2/c10-4-3-7-5-9(12)2-1-8(7)6-11/h1-2,5-6,12H,3-4,10H2. The summed E-state index contributed by atoms with van der Waals surface area (Å²) < 4.78 is 0. The van der Waals surface area contributed by atoms with Crippen LogP contribution in [0.5, 0.6) is 5.75 Å². The maximum atomic E-state index is 10.5. The Morgan fingerprint density at radius 2 is 2.25 bits per heavy atom. The van der Waals surface area contributed by atoms with Gasteiger partial charge >= 0.3 is 0 Å². The third-order valence-electron chi connectivity index (χ3n) is 1.67. The van der Waals surface area contributed by atoms with E-state index in [0.29, 0.717) is 18.5 Å². The number of phenolic OH excluding ortho intramolecular Hbond substituents is 1. The highest BCUT2D eigenvalue weighted by molar-refractivity contribution is 5.77. The zero-order valence-electron chi connectivity index (χ0n) is 6.66. The molecule has 0 atom stereocenters. The van der Waals surface area contributed by atoms with Crippen LogP contribution in [0.1, 0.15) is 15.9 Å². The topological polar surface area (TPSA) is 63.3 Å². The smallest absolute Gasteiger partial charge is 0.150 e. The Morgan fingerprint density at radius 1 is 1.50 bits per heavy atom. The molecule has 0 spiro atoms. The van der Waals surface area contributed by atoms with E-state index in [2.05, 4.69) is 0 Å². The van der Waals surface area contributed by atoms with E-state index in [1.165, 1.54) is 6.07 Å². The lowest BCUT2D eigenvalue weighted by molar-refractivity contribution is 0.112. The number of hydrogen-bond donors (Lipinski definition) is 2. The molecule has 1 aromatic rings. The lowest BCUT2D eigenvalue weighted by Gasteiger charge is -2.02. The van der Waals surface area contributed by atoms with Crippen molar-refractivity contribution in [1.82, 2.24) is 0 Å². The van der Waals surface area contributed by atoms with Gasteiger partial charge in [0.25, 0.3) is 0 Å². The van der Waals surface area contributed by atoms with Gasteiger partial charge < -0.3 is 10.8 Å². The van der Waals surface area contributed by atoms with Crippen molar-refractivity contribution in [3.8, 4) is 5.75 Å². The summed E-state index contributed by atoms with van der Waals surface area (Å²) in [4.78, 5) is 10.5. The molecule has 0 unspecified atom stereocenters. The maximum Gasteiger partial charge on any atom is 0.150 e. The summed E-state index contributed by atoms with van der Waals surface area (Å²) in [6, 6.07) is 4.65. The molecule has 0 amide bonds. The molecule has 0 radical (unpaired) electrons. The highest BCUT2D eigenvalue weighted by Gasteiger charge is 2.00. The number of aldehydes is 1. The molecular formula is C9H11NO2. The van der Waals surface area contributed by atoms with Crippen LogP contribution in [-0.4, -0.2) is 17.9 Å². The summed E-state index contributed by atoms with van der Waals surface area (Å²) in [7, 11) is 0. The van der Waals surface area contributed by atoms with Gasteiger partial charge in [-0.25, -0.2) is 0 Å². The number of phenols is 1. The minimum absolute atomic E-state index is 0.170. The fourth-order valence-electron chi connectivity index (χ4n) is 1.08. The van der Waals surface area contributed by atoms with E-state index in [-0.39, 0.29) is 5.75 Å². The summed E-state index contributed by atoms with van der Waals surface area (Å²) in [6.45, 7) is 0.476. The van der Waals surface area contributed by atoms with Crippen molar-refractivity contribution in [1.29, 1.82) is 0 Å². The van der Waals surface area contributed by atoms with E-state index < -0.39 is 0 Å². The molecule has 0 fully saturated rings. The Morgan fingerprint density at radius 3 is 2.83 bits per heavy atom.